The molecule has 0 radical (unpaired) electrons. The first kappa shape index (κ1) is 17.4. The standard InChI is InChI=1S/C21H15F2NO2/c22-16-6-3-14(4-7-16)17-12-15(5-8-19(17)24)20(25)9-1-13-2-10-21(26)18(23)11-13/h1-12,26H,24H2/b9-1+. The average Bonchev–Trinajstić information content (AvgIpc) is 2.63. The van der Waals surface area contributed by atoms with Crippen molar-refractivity contribution < 1.29 is 18.7 Å². The Kier molecular flexibility index (Phi) is 4.80. The van der Waals surface area contributed by atoms with Crippen molar-refractivity contribution in [2.24, 2.45) is 0 Å². The molecule has 0 aliphatic carbocycles. The summed E-state index contributed by atoms with van der Waals surface area (Å²) in [6.45, 7) is 0. The third-order valence-electron chi connectivity index (χ3n) is 3.89. The zero-order valence-corrected chi connectivity index (χ0v) is 13.6. The second-order valence-electron chi connectivity index (χ2n) is 5.72. The Morgan fingerprint density at radius 3 is 2.38 bits per heavy atom. The number of carbonyl (C=O) groups excluding carboxylic acids is 1. The van der Waals surface area contributed by atoms with Crippen molar-refractivity contribution in [3.8, 4) is 16.9 Å². The molecular formula is C21H15F2NO2. The highest BCUT2D eigenvalue weighted by Gasteiger charge is 2.09. The lowest BCUT2D eigenvalue weighted by Gasteiger charge is -2.08. The lowest BCUT2D eigenvalue weighted by Crippen LogP contribution is -1.98. The van der Waals surface area contributed by atoms with Crippen LogP contribution in [0.15, 0.2) is 66.7 Å². The van der Waals surface area contributed by atoms with Gasteiger partial charge in [0.25, 0.3) is 0 Å². The maximum absolute atomic E-state index is 13.3. The third kappa shape index (κ3) is 3.78. The van der Waals surface area contributed by atoms with Gasteiger partial charge in [-0.25, -0.2) is 8.78 Å². The number of carbonyl (C=O) groups is 1. The zero-order chi connectivity index (χ0) is 18.7. The number of nitrogen functional groups attached to an aromatic ring is 1. The van der Waals surface area contributed by atoms with Crippen LogP contribution < -0.4 is 5.73 Å². The molecule has 0 aliphatic heterocycles. The number of rotatable bonds is 4. The number of halogens is 2. The summed E-state index contributed by atoms with van der Waals surface area (Å²) in [5.41, 5.74) is 8.60. The summed E-state index contributed by atoms with van der Waals surface area (Å²) < 4.78 is 26.4. The molecule has 0 atom stereocenters. The summed E-state index contributed by atoms with van der Waals surface area (Å²) in [4.78, 5) is 12.4. The monoisotopic (exact) mass is 351 g/mol. The van der Waals surface area contributed by atoms with E-state index in [1.807, 2.05) is 0 Å². The molecule has 0 amide bonds. The average molecular weight is 351 g/mol. The fourth-order valence-corrected chi connectivity index (χ4v) is 2.48. The molecule has 0 fully saturated rings. The molecule has 0 saturated heterocycles. The smallest absolute Gasteiger partial charge is 0.185 e. The van der Waals surface area contributed by atoms with Crippen molar-refractivity contribution >= 4 is 17.5 Å². The Morgan fingerprint density at radius 1 is 0.962 bits per heavy atom. The van der Waals surface area contributed by atoms with Crippen LogP contribution in [0.1, 0.15) is 15.9 Å². The van der Waals surface area contributed by atoms with Crippen LogP contribution in [0.25, 0.3) is 17.2 Å². The van der Waals surface area contributed by atoms with E-state index in [0.29, 0.717) is 27.9 Å². The molecule has 3 nitrogen and oxygen atoms in total. The van der Waals surface area contributed by atoms with Gasteiger partial charge in [-0.05, 0) is 59.7 Å². The molecule has 0 spiro atoms. The minimum absolute atomic E-state index is 0.290. The van der Waals surface area contributed by atoms with E-state index < -0.39 is 11.6 Å². The maximum atomic E-state index is 13.3. The number of benzene rings is 3. The molecule has 3 N–H and O–H groups in total. The van der Waals surface area contributed by atoms with E-state index >= 15 is 0 Å². The number of anilines is 1. The fourth-order valence-electron chi connectivity index (χ4n) is 2.48. The fraction of sp³-hybridized carbons (Fsp3) is 0. The number of phenols is 1. The SMILES string of the molecule is Nc1ccc(C(=O)/C=C/c2ccc(O)c(F)c2)cc1-c1ccc(F)cc1. The molecule has 130 valence electrons. The van der Waals surface area contributed by atoms with Gasteiger partial charge in [0, 0.05) is 16.8 Å². The van der Waals surface area contributed by atoms with Gasteiger partial charge in [0.05, 0.1) is 0 Å². The van der Waals surface area contributed by atoms with Gasteiger partial charge in [-0.15, -0.1) is 0 Å². The summed E-state index contributed by atoms with van der Waals surface area (Å²) >= 11 is 0. The van der Waals surface area contributed by atoms with Crippen LogP contribution >= 0.6 is 0 Å². The summed E-state index contributed by atoms with van der Waals surface area (Å²) in [6.07, 6.45) is 2.77. The Hall–Kier alpha value is -3.47. The maximum Gasteiger partial charge on any atom is 0.185 e. The van der Waals surface area contributed by atoms with Crippen molar-refractivity contribution in [3.63, 3.8) is 0 Å². The molecule has 3 aromatic rings. The first-order valence-electron chi connectivity index (χ1n) is 7.80. The third-order valence-corrected chi connectivity index (χ3v) is 3.89. The number of ketones is 1. The number of allylic oxidation sites excluding steroid dienone is 1. The Morgan fingerprint density at radius 2 is 1.69 bits per heavy atom. The number of hydrogen-bond donors (Lipinski definition) is 2. The van der Waals surface area contributed by atoms with Gasteiger partial charge in [-0.1, -0.05) is 24.3 Å². The van der Waals surface area contributed by atoms with Crippen LogP contribution in [0.2, 0.25) is 0 Å². The van der Waals surface area contributed by atoms with E-state index in [1.54, 1.807) is 30.3 Å². The second kappa shape index (κ2) is 7.19. The first-order chi connectivity index (χ1) is 12.4. The van der Waals surface area contributed by atoms with E-state index in [9.17, 15) is 18.7 Å². The highest BCUT2D eigenvalue weighted by molar-refractivity contribution is 6.08. The largest absolute Gasteiger partial charge is 0.505 e. The summed E-state index contributed by atoms with van der Waals surface area (Å²) in [5.74, 6) is -1.85. The number of phenolic OH excluding ortho intramolecular Hbond substituents is 1. The number of aromatic hydroxyl groups is 1. The van der Waals surface area contributed by atoms with Crippen LogP contribution in [0.3, 0.4) is 0 Å². The normalized spacial score (nSPS) is 11.0. The molecule has 0 unspecified atom stereocenters. The summed E-state index contributed by atoms with van der Waals surface area (Å²) in [5, 5.41) is 9.18. The van der Waals surface area contributed by atoms with E-state index in [1.165, 1.54) is 36.4 Å². The molecular weight excluding hydrogens is 336 g/mol. The predicted octanol–water partition coefficient (Wildman–Crippen LogP) is 4.82. The van der Waals surface area contributed by atoms with Crippen LogP contribution in [0, 0.1) is 11.6 Å². The molecule has 0 heterocycles. The van der Waals surface area contributed by atoms with Crippen molar-refractivity contribution in [1.29, 1.82) is 0 Å². The lowest BCUT2D eigenvalue weighted by molar-refractivity contribution is 0.104. The van der Waals surface area contributed by atoms with Crippen molar-refractivity contribution in [2.75, 3.05) is 5.73 Å². The molecule has 0 aromatic heterocycles. The van der Waals surface area contributed by atoms with Crippen LogP contribution in [0.5, 0.6) is 5.75 Å². The molecule has 0 aliphatic rings. The van der Waals surface area contributed by atoms with Crippen LogP contribution in [-0.4, -0.2) is 10.9 Å². The van der Waals surface area contributed by atoms with Gasteiger partial charge in [0.2, 0.25) is 0 Å². The Labute approximate surface area is 149 Å². The van der Waals surface area contributed by atoms with Crippen molar-refractivity contribution in [1.82, 2.24) is 0 Å². The predicted molar refractivity (Wildman–Crippen MR) is 97.7 cm³/mol. The molecule has 5 heteroatoms. The zero-order valence-electron chi connectivity index (χ0n) is 13.6. The molecule has 0 bridgehead atoms. The quantitative estimate of drug-likeness (QED) is 0.403. The van der Waals surface area contributed by atoms with Gasteiger partial charge >= 0.3 is 0 Å². The van der Waals surface area contributed by atoms with E-state index in [2.05, 4.69) is 0 Å². The highest BCUT2D eigenvalue weighted by Crippen LogP contribution is 2.27. The molecule has 26 heavy (non-hydrogen) atoms. The van der Waals surface area contributed by atoms with Crippen LogP contribution in [0.4, 0.5) is 14.5 Å². The topological polar surface area (TPSA) is 63.3 Å². The van der Waals surface area contributed by atoms with Crippen LogP contribution in [-0.2, 0) is 0 Å². The van der Waals surface area contributed by atoms with E-state index in [0.717, 1.165) is 6.07 Å². The molecule has 0 saturated carbocycles. The van der Waals surface area contributed by atoms with Gasteiger partial charge in [0.1, 0.15) is 5.82 Å². The van der Waals surface area contributed by atoms with E-state index in [4.69, 9.17) is 5.73 Å². The number of hydrogen-bond acceptors (Lipinski definition) is 3. The van der Waals surface area contributed by atoms with Gasteiger partial charge in [-0.2, -0.15) is 0 Å². The van der Waals surface area contributed by atoms with Gasteiger partial charge in [0.15, 0.2) is 17.3 Å². The van der Waals surface area contributed by atoms with Gasteiger partial charge in [-0.3, -0.25) is 4.79 Å². The first-order valence-corrected chi connectivity index (χ1v) is 7.80. The van der Waals surface area contributed by atoms with E-state index in [-0.39, 0.29) is 11.6 Å². The summed E-state index contributed by atoms with van der Waals surface area (Å²) in [7, 11) is 0. The molecule has 3 rings (SSSR count). The Balaban J connectivity index is 1.87. The van der Waals surface area contributed by atoms with Gasteiger partial charge < -0.3 is 10.8 Å². The summed E-state index contributed by atoms with van der Waals surface area (Å²) in [6, 6.07) is 14.5. The number of nitrogens with two attached hydrogens (primary N) is 1. The minimum Gasteiger partial charge on any atom is -0.505 e. The molecule has 3 aromatic carbocycles. The Bertz CT molecular complexity index is 995. The second-order valence-corrected chi connectivity index (χ2v) is 5.72. The highest BCUT2D eigenvalue weighted by atomic mass is 19.1. The minimum atomic E-state index is -0.759. The van der Waals surface area contributed by atoms with Crippen molar-refractivity contribution in [2.45, 2.75) is 0 Å². The van der Waals surface area contributed by atoms with Crippen molar-refractivity contribution in [3.05, 3.63) is 89.5 Å². The lowest BCUT2D eigenvalue weighted by atomic mass is 9.99.